The highest BCUT2D eigenvalue weighted by Gasteiger charge is 2.19. The third-order valence-electron chi connectivity index (χ3n) is 4.59. The molecule has 6 nitrogen and oxygen atoms in total. The Morgan fingerprint density at radius 1 is 1.33 bits per heavy atom. The Kier molecular flexibility index (Phi) is 5.43. The number of nitrogens with zero attached hydrogens (tertiary/aromatic N) is 3. The van der Waals surface area contributed by atoms with Gasteiger partial charge in [0.05, 0.1) is 47.8 Å². The molecule has 0 radical (unpaired) electrons. The Balaban J connectivity index is 1.54. The van der Waals surface area contributed by atoms with E-state index < -0.39 is 0 Å². The first-order chi connectivity index (χ1) is 13.2. The number of imidazole rings is 1. The fourth-order valence-electron chi connectivity index (χ4n) is 3.18. The number of thioether (sulfide) groups is 1. The van der Waals surface area contributed by atoms with Crippen molar-refractivity contribution < 1.29 is 9.47 Å². The zero-order chi connectivity index (χ0) is 18.8. The molecule has 8 heteroatoms. The molecule has 1 saturated heterocycles. The van der Waals surface area contributed by atoms with Gasteiger partial charge in [0, 0.05) is 31.1 Å². The summed E-state index contributed by atoms with van der Waals surface area (Å²) in [5, 5.41) is 1.56. The maximum absolute atomic E-state index is 6.73. The standard InChI is InChI=1S/C19H21ClN4O2S/c1-12-10-21-16(17(20)18(12)24-5-7-26-8-6-24)11-27-19-22-14-4-3-13(25-2)9-15(14)23-19/h3-4,9-10H,5-8,11H2,1-2H3,(H,22,23). The summed E-state index contributed by atoms with van der Waals surface area (Å²) in [5.41, 5.74) is 4.89. The number of benzene rings is 1. The lowest BCUT2D eigenvalue weighted by molar-refractivity contribution is 0.122. The number of nitrogens with one attached hydrogen (secondary N) is 1. The highest BCUT2D eigenvalue weighted by Crippen LogP contribution is 2.35. The van der Waals surface area contributed by atoms with Crippen molar-refractivity contribution >= 4 is 40.1 Å². The zero-order valence-electron chi connectivity index (χ0n) is 15.3. The van der Waals surface area contributed by atoms with Crippen LogP contribution in [0.4, 0.5) is 5.69 Å². The van der Waals surface area contributed by atoms with Crippen LogP contribution in [0, 0.1) is 6.92 Å². The lowest BCUT2D eigenvalue weighted by Crippen LogP contribution is -2.37. The molecule has 0 aliphatic carbocycles. The average molecular weight is 405 g/mol. The Hall–Kier alpha value is -1.96. The molecule has 0 unspecified atom stereocenters. The number of hydrogen-bond acceptors (Lipinski definition) is 6. The molecule has 0 spiro atoms. The Morgan fingerprint density at radius 3 is 2.93 bits per heavy atom. The Morgan fingerprint density at radius 2 is 2.15 bits per heavy atom. The van der Waals surface area contributed by atoms with Crippen molar-refractivity contribution in [2.45, 2.75) is 17.8 Å². The summed E-state index contributed by atoms with van der Waals surface area (Å²) >= 11 is 8.32. The van der Waals surface area contributed by atoms with E-state index in [-0.39, 0.29) is 0 Å². The summed E-state index contributed by atoms with van der Waals surface area (Å²) < 4.78 is 10.7. The summed E-state index contributed by atoms with van der Waals surface area (Å²) in [6, 6.07) is 5.80. The van der Waals surface area contributed by atoms with Gasteiger partial charge in [0.15, 0.2) is 5.16 Å². The van der Waals surface area contributed by atoms with E-state index in [0.29, 0.717) is 5.75 Å². The maximum Gasteiger partial charge on any atom is 0.166 e. The number of pyridine rings is 1. The number of fused-ring (bicyclic) bond motifs is 1. The molecule has 0 saturated carbocycles. The van der Waals surface area contributed by atoms with Gasteiger partial charge in [0.2, 0.25) is 0 Å². The van der Waals surface area contributed by atoms with Crippen LogP contribution in [0.15, 0.2) is 29.6 Å². The van der Waals surface area contributed by atoms with E-state index in [1.807, 2.05) is 31.3 Å². The molecule has 1 fully saturated rings. The first-order valence-corrected chi connectivity index (χ1v) is 10.2. The van der Waals surface area contributed by atoms with Crippen LogP contribution >= 0.6 is 23.4 Å². The summed E-state index contributed by atoms with van der Waals surface area (Å²) in [6.45, 7) is 5.20. The predicted octanol–water partition coefficient (Wildman–Crippen LogP) is 4.06. The van der Waals surface area contributed by atoms with E-state index in [0.717, 1.165) is 70.2 Å². The van der Waals surface area contributed by atoms with Crippen molar-refractivity contribution in [2.24, 2.45) is 0 Å². The second-order valence-electron chi connectivity index (χ2n) is 6.36. The van der Waals surface area contributed by atoms with Gasteiger partial charge in [-0.25, -0.2) is 4.98 Å². The largest absolute Gasteiger partial charge is 0.497 e. The van der Waals surface area contributed by atoms with E-state index in [2.05, 4.69) is 19.9 Å². The molecule has 2 aromatic heterocycles. The van der Waals surface area contributed by atoms with E-state index in [1.165, 1.54) is 0 Å². The Labute approximate surface area is 167 Å². The molecule has 1 aliphatic rings. The number of halogens is 1. The van der Waals surface area contributed by atoms with Crippen molar-refractivity contribution in [1.82, 2.24) is 15.0 Å². The predicted molar refractivity (Wildman–Crippen MR) is 109 cm³/mol. The van der Waals surface area contributed by atoms with E-state index in [4.69, 9.17) is 21.1 Å². The molecule has 0 amide bonds. The van der Waals surface area contributed by atoms with Crippen molar-refractivity contribution in [2.75, 3.05) is 38.3 Å². The number of morpholine rings is 1. The molecule has 3 aromatic rings. The van der Waals surface area contributed by atoms with Gasteiger partial charge < -0.3 is 19.4 Å². The van der Waals surface area contributed by atoms with Gasteiger partial charge >= 0.3 is 0 Å². The van der Waals surface area contributed by atoms with Gasteiger partial charge in [-0.3, -0.25) is 4.98 Å². The van der Waals surface area contributed by atoms with E-state index in [1.54, 1.807) is 18.9 Å². The molecule has 142 valence electrons. The van der Waals surface area contributed by atoms with Crippen molar-refractivity contribution in [3.63, 3.8) is 0 Å². The first kappa shape index (κ1) is 18.4. The van der Waals surface area contributed by atoms with Crippen LogP contribution in [0.25, 0.3) is 11.0 Å². The molecule has 0 bridgehead atoms. The van der Waals surface area contributed by atoms with Crippen LogP contribution in [0.5, 0.6) is 5.75 Å². The fraction of sp³-hybridized carbons (Fsp3) is 0.368. The number of methoxy groups -OCH3 is 1. The summed E-state index contributed by atoms with van der Waals surface area (Å²) in [5.74, 6) is 1.45. The minimum absolute atomic E-state index is 0.646. The van der Waals surface area contributed by atoms with Crippen molar-refractivity contribution in [1.29, 1.82) is 0 Å². The molecule has 1 aromatic carbocycles. The normalized spacial score (nSPS) is 14.7. The van der Waals surface area contributed by atoms with Gasteiger partial charge in [-0.2, -0.15) is 0 Å². The smallest absolute Gasteiger partial charge is 0.166 e. The quantitative estimate of drug-likeness (QED) is 0.647. The third kappa shape index (κ3) is 3.85. The number of aryl methyl sites for hydroxylation is 1. The monoisotopic (exact) mass is 404 g/mol. The first-order valence-electron chi connectivity index (χ1n) is 8.79. The second-order valence-corrected chi connectivity index (χ2v) is 7.71. The SMILES string of the molecule is COc1ccc2nc(SCc3ncc(C)c(N4CCOCC4)c3Cl)[nH]c2c1. The highest BCUT2D eigenvalue weighted by atomic mass is 35.5. The van der Waals surface area contributed by atoms with Gasteiger partial charge in [-0.05, 0) is 24.6 Å². The molecule has 1 aliphatic heterocycles. The number of H-pyrrole nitrogens is 1. The molecule has 3 heterocycles. The van der Waals surface area contributed by atoms with Gasteiger partial charge in [-0.1, -0.05) is 23.4 Å². The van der Waals surface area contributed by atoms with Crippen LogP contribution in [0.1, 0.15) is 11.3 Å². The molecule has 27 heavy (non-hydrogen) atoms. The number of ether oxygens (including phenoxy) is 2. The highest BCUT2D eigenvalue weighted by molar-refractivity contribution is 7.98. The number of rotatable bonds is 5. The van der Waals surface area contributed by atoms with Crippen LogP contribution in [0.2, 0.25) is 5.02 Å². The number of hydrogen-bond donors (Lipinski definition) is 1. The second kappa shape index (κ2) is 7.96. The van der Waals surface area contributed by atoms with Crippen LogP contribution < -0.4 is 9.64 Å². The number of aromatic amines is 1. The van der Waals surface area contributed by atoms with Gasteiger partial charge in [0.1, 0.15) is 5.75 Å². The topological polar surface area (TPSA) is 63.3 Å². The average Bonchev–Trinajstić information content (AvgIpc) is 3.10. The molecule has 1 N–H and O–H groups in total. The third-order valence-corrected chi connectivity index (χ3v) is 5.87. The summed E-state index contributed by atoms with van der Waals surface area (Å²) in [4.78, 5) is 14.8. The fourth-order valence-corrected chi connectivity index (χ4v) is 4.48. The molecule has 0 atom stereocenters. The minimum atomic E-state index is 0.646. The lowest BCUT2D eigenvalue weighted by Gasteiger charge is -2.31. The van der Waals surface area contributed by atoms with Crippen LogP contribution in [0.3, 0.4) is 0 Å². The summed E-state index contributed by atoms with van der Waals surface area (Å²) in [6.07, 6.45) is 1.90. The lowest BCUT2D eigenvalue weighted by atomic mass is 10.2. The van der Waals surface area contributed by atoms with Crippen molar-refractivity contribution in [3.8, 4) is 5.75 Å². The maximum atomic E-state index is 6.73. The van der Waals surface area contributed by atoms with Crippen LogP contribution in [-0.2, 0) is 10.5 Å². The zero-order valence-corrected chi connectivity index (χ0v) is 16.9. The number of aromatic nitrogens is 3. The van der Waals surface area contributed by atoms with E-state index in [9.17, 15) is 0 Å². The minimum Gasteiger partial charge on any atom is -0.497 e. The molecular weight excluding hydrogens is 384 g/mol. The van der Waals surface area contributed by atoms with Crippen LogP contribution in [-0.4, -0.2) is 48.4 Å². The number of anilines is 1. The summed E-state index contributed by atoms with van der Waals surface area (Å²) in [7, 11) is 1.66. The van der Waals surface area contributed by atoms with Gasteiger partial charge in [-0.15, -0.1) is 0 Å². The van der Waals surface area contributed by atoms with Gasteiger partial charge in [0.25, 0.3) is 0 Å². The Bertz CT molecular complexity index is 956. The molecule has 4 rings (SSSR count). The van der Waals surface area contributed by atoms with E-state index >= 15 is 0 Å². The van der Waals surface area contributed by atoms with Crippen molar-refractivity contribution in [3.05, 3.63) is 40.7 Å². The molecular formula is C19H21ClN4O2S.